The van der Waals surface area contributed by atoms with Crippen LogP contribution in [0.5, 0.6) is 0 Å². The van der Waals surface area contributed by atoms with Gasteiger partial charge >= 0.3 is 0 Å². The summed E-state index contributed by atoms with van der Waals surface area (Å²) in [6.45, 7) is 5.03. The van der Waals surface area contributed by atoms with Crippen molar-refractivity contribution >= 4 is 0 Å². The lowest BCUT2D eigenvalue weighted by molar-refractivity contribution is 0.127. The average molecular weight is 194 g/mol. The van der Waals surface area contributed by atoms with Crippen LogP contribution >= 0.6 is 0 Å². The van der Waals surface area contributed by atoms with Gasteiger partial charge in [-0.1, -0.05) is 6.08 Å². The van der Waals surface area contributed by atoms with Crippen molar-refractivity contribution in [2.24, 2.45) is 5.73 Å². The van der Waals surface area contributed by atoms with E-state index in [-0.39, 0.29) is 0 Å². The zero-order valence-corrected chi connectivity index (χ0v) is 8.99. The van der Waals surface area contributed by atoms with Crippen LogP contribution in [0.1, 0.15) is 38.5 Å². The fraction of sp³-hybridized carbons (Fsp3) is 0.833. The van der Waals surface area contributed by atoms with Crippen molar-refractivity contribution in [3.63, 3.8) is 0 Å². The minimum absolute atomic E-state index is 0.475. The Labute approximate surface area is 87.2 Å². The van der Waals surface area contributed by atoms with E-state index < -0.39 is 0 Å². The first-order valence-electron chi connectivity index (χ1n) is 5.93. The Morgan fingerprint density at radius 1 is 1.29 bits per heavy atom. The molecule has 2 aliphatic rings. The second-order valence-electron chi connectivity index (χ2n) is 4.79. The molecule has 2 bridgehead atoms. The Morgan fingerprint density at radius 3 is 2.50 bits per heavy atom. The fourth-order valence-corrected chi connectivity index (χ4v) is 3.10. The van der Waals surface area contributed by atoms with Crippen LogP contribution in [0, 0.1) is 0 Å². The summed E-state index contributed by atoms with van der Waals surface area (Å²) in [5, 5.41) is 0. The summed E-state index contributed by atoms with van der Waals surface area (Å²) in [7, 11) is 0. The first-order chi connectivity index (χ1) is 6.81. The summed E-state index contributed by atoms with van der Waals surface area (Å²) < 4.78 is 0. The zero-order valence-electron chi connectivity index (χ0n) is 8.99. The number of hydrogen-bond acceptors (Lipinski definition) is 2. The molecule has 2 N–H and O–H groups in total. The summed E-state index contributed by atoms with van der Waals surface area (Å²) in [4.78, 5) is 2.70. The third-order valence-electron chi connectivity index (χ3n) is 3.75. The molecule has 0 radical (unpaired) electrons. The van der Waals surface area contributed by atoms with Crippen molar-refractivity contribution < 1.29 is 0 Å². The second-order valence-corrected chi connectivity index (χ2v) is 4.79. The number of fused-ring (bicyclic) bond motifs is 2. The highest BCUT2D eigenvalue weighted by molar-refractivity contribution is 4.96. The monoisotopic (exact) mass is 194 g/mol. The molecule has 2 rings (SSSR count). The molecule has 2 unspecified atom stereocenters. The molecule has 14 heavy (non-hydrogen) atoms. The van der Waals surface area contributed by atoms with Gasteiger partial charge in [0.1, 0.15) is 0 Å². The number of hydrogen-bond donors (Lipinski definition) is 1. The van der Waals surface area contributed by atoms with Gasteiger partial charge in [0.25, 0.3) is 0 Å². The topological polar surface area (TPSA) is 29.3 Å². The number of piperidine rings is 1. The van der Waals surface area contributed by atoms with Crippen molar-refractivity contribution in [3.05, 3.63) is 12.7 Å². The lowest BCUT2D eigenvalue weighted by Gasteiger charge is -2.37. The number of nitrogens with two attached hydrogens (primary N) is 1. The molecule has 2 fully saturated rings. The maximum absolute atomic E-state index is 6.03. The van der Waals surface area contributed by atoms with Gasteiger partial charge in [-0.15, -0.1) is 6.58 Å². The van der Waals surface area contributed by atoms with Crippen molar-refractivity contribution in [1.82, 2.24) is 4.90 Å². The quantitative estimate of drug-likeness (QED) is 0.547. The zero-order chi connectivity index (χ0) is 9.97. The molecule has 2 atom stereocenters. The van der Waals surface area contributed by atoms with Crippen molar-refractivity contribution in [1.29, 1.82) is 0 Å². The molecular formula is C12H22N2. The molecule has 2 heterocycles. The molecule has 0 aromatic heterocycles. The van der Waals surface area contributed by atoms with Gasteiger partial charge in [0.15, 0.2) is 0 Å². The molecule has 0 aromatic rings. The lowest BCUT2D eigenvalue weighted by Crippen LogP contribution is -2.47. The van der Waals surface area contributed by atoms with Crippen LogP contribution in [0.15, 0.2) is 12.7 Å². The fourth-order valence-electron chi connectivity index (χ4n) is 3.10. The number of allylic oxidation sites excluding steroid dienone is 1. The van der Waals surface area contributed by atoms with E-state index in [0.717, 1.165) is 18.5 Å². The Balaban J connectivity index is 1.84. The molecule has 2 nitrogen and oxygen atoms in total. The maximum atomic E-state index is 6.03. The van der Waals surface area contributed by atoms with Crippen LogP contribution < -0.4 is 5.73 Å². The van der Waals surface area contributed by atoms with Gasteiger partial charge < -0.3 is 5.73 Å². The lowest BCUT2D eigenvalue weighted by atomic mass is 9.98. The van der Waals surface area contributed by atoms with Gasteiger partial charge in [0, 0.05) is 18.1 Å². The van der Waals surface area contributed by atoms with Crippen molar-refractivity contribution in [2.75, 3.05) is 6.54 Å². The van der Waals surface area contributed by atoms with Gasteiger partial charge in [-0.25, -0.2) is 0 Å². The number of unbranched alkanes of at least 4 members (excludes halogenated alkanes) is 1. The largest absolute Gasteiger partial charge is 0.328 e. The van der Waals surface area contributed by atoms with E-state index in [1.165, 1.54) is 38.6 Å². The third kappa shape index (κ3) is 2.01. The highest BCUT2D eigenvalue weighted by Gasteiger charge is 2.38. The maximum Gasteiger partial charge on any atom is 0.0113 e. The molecule has 80 valence electrons. The van der Waals surface area contributed by atoms with Crippen LogP contribution in [-0.4, -0.2) is 29.6 Å². The smallest absolute Gasteiger partial charge is 0.0113 e. The van der Waals surface area contributed by atoms with Gasteiger partial charge in [0.2, 0.25) is 0 Å². The summed E-state index contributed by atoms with van der Waals surface area (Å²) in [6, 6.07) is 2.07. The predicted octanol–water partition coefficient (Wildman–Crippen LogP) is 1.91. The predicted molar refractivity (Wildman–Crippen MR) is 60.2 cm³/mol. The van der Waals surface area contributed by atoms with E-state index >= 15 is 0 Å². The summed E-state index contributed by atoms with van der Waals surface area (Å²) in [5.74, 6) is 0. The minimum atomic E-state index is 0.475. The molecule has 2 heteroatoms. The van der Waals surface area contributed by atoms with Gasteiger partial charge in [-0.3, -0.25) is 4.90 Å². The van der Waals surface area contributed by atoms with Crippen molar-refractivity contribution in [2.45, 2.75) is 56.7 Å². The first-order valence-corrected chi connectivity index (χ1v) is 5.93. The first kappa shape index (κ1) is 10.2. The molecule has 0 amide bonds. The number of rotatable bonds is 4. The Hall–Kier alpha value is -0.340. The van der Waals surface area contributed by atoms with Crippen LogP contribution in [0.4, 0.5) is 0 Å². The molecule has 0 saturated carbocycles. The molecule has 2 saturated heterocycles. The highest BCUT2D eigenvalue weighted by atomic mass is 15.2. The normalized spacial score (nSPS) is 37.4. The van der Waals surface area contributed by atoms with Gasteiger partial charge in [0.05, 0.1) is 0 Å². The highest BCUT2D eigenvalue weighted by Crippen LogP contribution is 2.34. The van der Waals surface area contributed by atoms with E-state index in [2.05, 4.69) is 11.5 Å². The van der Waals surface area contributed by atoms with E-state index in [4.69, 9.17) is 5.73 Å². The molecule has 0 aliphatic carbocycles. The number of nitrogens with zero attached hydrogens (tertiary/aromatic N) is 1. The minimum Gasteiger partial charge on any atom is -0.328 e. The summed E-state index contributed by atoms with van der Waals surface area (Å²) in [6.07, 6.45) is 9.67. The molecule has 0 spiro atoms. The second kappa shape index (κ2) is 4.45. The summed E-state index contributed by atoms with van der Waals surface area (Å²) in [5.41, 5.74) is 6.03. The molecule has 2 aliphatic heterocycles. The van der Waals surface area contributed by atoms with E-state index in [9.17, 15) is 0 Å². The Bertz CT molecular complexity index is 188. The van der Waals surface area contributed by atoms with Crippen LogP contribution in [0.2, 0.25) is 0 Å². The van der Waals surface area contributed by atoms with E-state index in [1.54, 1.807) is 0 Å². The van der Waals surface area contributed by atoms with Crippen molar-refractivity contribution in [3.8, 4) is 0 Å². The average Bonchev–Trinajstić information content (AvgIpc) is 2.42. The SMILES string of the molecule is C=CCCCN1C2CCC1CC(N)C2. The van der Waals surface area contributed by atoms with E-state index in [0.29, 0.717) is 6.04 Å². The van der Waals surface area contributed by atoms with Gasteiger partial charge in [-0.2, -0.15) is 0 Å². The Kier molecular flexibility index (Phi) is 3.24. The molecule has 0 aromatic carbocycles. The summed E-state index contributed by atoms with van der Waals surface area (Å²) >= 11 is 0. The van der Waals surface area contributed by atoms with Gasteiger partial charge in [-0.05, 0) is 45.1 Å². The van der Waals surface area contributed by atoms with E-state index in [1.807, 2.05) is 6.08 Å². The standard InChI is InChI=1S/C12H22N2/c1-2-3-4-7-14-11-5-6-12(14)9-10(13)8-11/h2,10-12H,1,3-9,13H2. The third-order valence-corrected chi connectivity index (χ3v) is 3.75. The molecular weight excluding hydrogens is 172 g/mol. The van der Waals surface area contributed by atoms with Crippen LogP contribution in [-0.2, 0) is 0 Å². The van der Waals surface area contributed by atoms with Crippen LogP contribution in [0.25, 0.3) is 0 Å². The Morgan fingerprint density at radius 2 is 1.93 bits per heavy atom. The van der Waals surface area contributed by atoms with Crippen LogP contribution in [0.3, 0.4) is 0 Å².